The van der Waals surface area contributed by atoms with Crippen LogP contribution >= 0.6 is 0 Å². The molecule has 1 N–H and O–H groups in total. The standard InChI is InChI=1S/C18H23N7O2/c1-4-10-25(12-15-20-9-11-24(15)3)18(26)21-13(2)17-22-16(23-27-17)14-5-7-19-8-6-14/h5-9,11,13H,4,10,12H2,1-3H3,(H,21,26)/t13-/m0/s1. The van der Waals surface area contributed by atoms with Crippen molar-refractivity contribution >= 4 is 6.03 Å². The number of urea groups is 1. The third-order valence-corrected chi connectivity index (χ3v) is 4.12. The van der Waals surface area contributed by atoms with Gasteiger partial charge in [0.25, 0.3) is 0 Å². The third kappa shape index (κ3) is 4.49. The fourth-order valence-corrected chi connectivity index (χ4v) is 2.61. The van der Waals surface area contributed by atoms with Crippen LogP contribution in [0.25, 0.3) is 11.4 Å². The highest BCUT2D eigenvalue weighted by molar-refractivity contribution is 5.74. The fraction of sp³-hybridized carbons (Fsp3) is 0.389. The molecule has 0 aromatic carbocycles. The quantitative estimate of drug-likeness (QED) is 0.687. The molecule has 3 heterocycles. The largest absolute Gasteiger partial charge is 0.337 e. The number of nitrogens with zero attached hydrogens (tertiary/aromatic N) is 6. The first-order chi connectivity index (χ1) is 13.1. The second-order valence-electron chi connectivity index (χ2n) is 6.24. The number of carbonyl (C=O) groups excluding carboxylic acids is 1. The molecule has 9 nitrogen and oxygen atoms in total. The van der Waals surface area contributed by atoms with E-state index in [0.29, 0.717) is 24.8 Å². The van der Waals surface area contributed by atoms with Gasteiger partial charge in [0.2, 0.25) is 11.7 Å². The Bertz CT molecular complexity index is 875. The molecular weight excluding hydrogens is 346 g/mol. The van der Waals surface area contributed by atoms with Gasteiger partial charge in [-0.3, -0.25) is 4.98 Å². The molecule has 0 fully saturated rings. The predicted octanol–water partition coefficient (Wildman–Crippen LogP) is 2.55. The van der Waals surface area contributed by atoms with Crippen molar-refractivity contribution in [1.82, 2.24) is 34.9 Å². The highest BCUT2D eigenvalue weighted by Gasteiger charge is 2.21. The van der Waals surface area contributed by atoms with E-state index >= 15 is 0 Å². The lowest BCUT2D eigenvalue weighted by Gasteiger charge is -2.23. The molecule has 1 atom stereocenters. The van der Waals surface area contributed by atoms with Gasteiger partial charge < -0.3 is 19.3 Å². The van der Waals surface area contributed by atoms with Crippen molar-refractivity contribution in [2.75, 3.05) is 6.54 Å². The summed E-state index contributed by atoms with van der Waals surface area (Å²) in [6.45, 7) is 4.90. The van der Waals surface area contributed by atoms with Gasteiger partial charge in [0, 0.05) is 43.9 Å². The summed E-state index contributed by atoms with van der Waals surface area (Å²) in [6, 6.07) is 2.99. The molecule has 3 rings (SSSR count). The third-order valence-electron chi connectivity index (χ3n) is 4.12. The van der Waals surface area contributed by atoms with Crippen molar-refractivity contribution < 1.29 is 9.32 Å². The average Bonchev–Trinajstić information content (AvgIpc) is 3.32. The molecule has 0 saturated heterocycles. The average molecular weight is 369 g/mol. The highest BCUT2D eigenvalue weighted by atomic mass is 16.5. The van der Waals surface area contributed by atoms with Crippen molar-refractivity contribution in [1.29, 1.82) is 0 Å². The molecule has 0 spiro atoms. The predicted molar refractivity (Wildman–Crippen MR) is 98.4 cm³/mol. The molecule has 9 heteroatoms. The molecule has 3 aromatic rings. The molecule has 0 aliphatic carbocycles. The number of imidazole rings is 1. The highest BCUT2D eigenvalue weighted by Crippen LogP contribution is 2.18. The summed E-state index contributed by atoms with van der Waals surface area (Å²) >= 11 is 0. The molecule has 2 amide bonds. The summed E-state index contributed by atoms with van der Waals surface area (Å²) in [5.74, 6) is 1.64. The minimum atomic E-state index is -0.415. The summed E-state index contributed by atoms with van der Waals surface area (Å²) in [5.41, 5.74) is 0.806. The van der Waals surface area contributed by atoms with Gasteiger partial charge in [0.05, 0.1) is 6.54 Å². The van der Waals surface area contributed by atoms with Crippen LogP contribution < -0.4 is 5.32 Å². The Morgan fingerprint density at radius 3 is 2.78 bits per heavy atom. The summed E-state index contributed by atoms with van der Waals surface area (Å²) < 4.78 is 7.22. The van der Waals surface area contributed by atoms with Crippen LogP contribution in [-0.4, -0.2) is 42.2 Å². The smallest absolute Gasteiger partial charge is 0.318 e. The van der Waals surface area contributed by atoms with Crippen LogP contribution in [0.2, 0.25) is 0 Å². The topological polar surface area (TPSA) is 102 Å². The van der Waals surface area contributed by atoms with E-state index in [0.717, 1.165) is 17.8 Å². The number of aryl methyl sites for hydroxylation is 1. The first-order valence-corrected chi connectivity index (χ1v) is 8.84. The van der Waals surface area contributed by atoms with Gasteiger partial charge in [-0.15, -0.1) is 0 Å². The fourth-order valence-electron chi connectivity index (χ4n) is 2.61. The van der Waals surface area contributed by atoms with Gasteiger partial charge in [-0.1, -0.05) is 12.1 Å². The maximum atomic E-state index is 12.7. The normalized spacial score (nSPS) is 12.0. The van der Waals surface area contributed by atoms with Gasteiger partial charge in [0.15, 0.2) is 0 Å². The van der Waals surface area contributed by atoms with Crippen molar-refractivity contribution in [2.24, 2.45) is 7.05 Å². The van der Waals surface area contributed by atoms with Crippen molar-refractivity contribution in [3.63, 3.8) is 0 Å². The first kappa shape index (κ1) is 18.6. The number of hydrogen-bond donors (Lipinski definition) is 1. The summed E-state index contributed by atoms with van der Waals surface area (Å²) in [4.78, 5) is 27.1. The molecular formula is C18H23N7O2. The number of aromatic nitrogens is 5. The minimum absolute atomic E-state index is 0.198. The Kier molecular flexibility index (Phi) is 5.80. The van der Waals surface area contributed by atoms with Gasteiger partial charge in [-0.25, -0.2) is 9.78 Å². The molecule has 0 unspecified atom stereocenters. The van der Waals surface area contributed by atoms with Gasteiger partial charge in [-0.05, 0) is 25.5 Å². The van der Waals surface area contributed by atoms with Crippen LogP contribution in [-0.2, 0) is 13.6 Å². The van der Waals surface area contributed by atoms with E-state index < -0.39 is 6.04 Å². The molecule has 0 aliphatic rings. The Labute approximate surface area is 157 Å². The maximum Gasteiger partial charge on any atom is 0.318 e. The Morgan fingerprint density at radius 2 is 2.11 bits per heavy atom. The monoisotopic (exact) mass is 369 g/mol. The van der Waals surface area contributed by atoms with Crippen LogP contribution in [0.4, 0.5) is 4.79 Å². The number of nitrogens with one attached hydrogen (secondary N) is 1. The van der Waals surface area contributed by atoms with E-state index in [1.165, 1.54) is 0 Å². The summed E-state index contributed by atoms with van der Waals surface area (Å²) in [5, 5.41) is 6.90. The molecule has 3 aromatic heterocycles. The zero-order valence-electron chi connectivity index (χ0n) is 15.7. The molecule has 0 aliphatic heterocycles. The number of rotatable bonds is 7. The molecule has 27 heavy (non-hydrogen) atoms. The maximum absolute atomic E-state index is 12.7. The van der Waals surface area contributed by atoms with Gasteiger partial charge >= 0.3 is 6.03 Å². The van der Waals surface area contributed by atoms with Crippen molar-refractivity contribution in [3.8, 4) is 11.4 Å². The molecule has 142 valence electrons. The van der Waals surface area contributed by atoms with E-state index in [4.69, 9.17) is 4.52 Å². The van der Waals surface area contributed by atoms with E-state index in [2.05, 4.69) is 25.4 Å². The molecule has 0 radical (unpaired) electrons. The lowest BCUT2D eigenvalue weighted by Crippen LogP contribution is -2.41. The Hall–Kier alpha value is -3.23. The van der Waals surface area contributed by atoms with Crippen molar-refractivity contribution in [2.45, 2.75) is 32.9 Å². The first-order valence-electron chi connectivity index (χ1n) is 8.84. The second-order valence-corrected chi connectivity index (χ2v) is 6.24. The number of hydrogen-bond acceptors (Lipinski definition) is 6. The summed E-state index contributed by atoms with van der Waals surface area (Å²) in [7, 11) is 1.91. The minimum Gasteiger partial charge on any atom is -0.337 e. The Balaban J connectivity index is 1.66. The lowest BCUT2D eigenvalue weighted by molar-refractivity contribution is 0.187. The van der Waals surface area contributed by atoms with Crippen LogP contribution in [0.3, 0.4) is 0 Å². The van der Waals surface area contributed by atoms with E-state index in [9.17, 15) is 4.79 Å². The van der Waals surface area contributed by atoms with E-state index in [1.54, 1.807) is 35.6 Å². The van der Waals surface area contributed by atoms with E-state index in [1.807, 2.05) is 31.7 Å². The van der Waals surface area contributed by atoms with E-state index in [-0.39, 0.29) is 6.03 Å². The van der Waals surface area contributed by atoms with Gasteiger partial charge in [-0.2, -0.15) is 4.98 Å². The van der Waals surface area contributed by atoms with Crippen LogP contribution in [0, 0.1) is 0 Å². The van der Waals surface area contributed by atoms with Crippen LogP contribution in [0.5, 0.6) is 0 Å². The zero-order chi connectivity index (χ0) is 19.2. The Morgan fingerprint density at radius 1 is 1.33 bits per heavy atom. The SMILES string of the molecule is CCCN(Cc1nccn1C)C(=O)N[C@@H](C)c1nc(-c2ccncc2)no1. The number of carbonyl (C=O) groups is 1. The zero-order valence-corrected chi connectivity index (χ0v) is 15.7. The van der Waals surface area contributed by atoms with Crippen LogP contribution in [0.15, 0.2) is 41.4 Å². The van der Waals surface area contributed by atoms with Gasteiger partial charge in [0.1, 0.15) is 11.9 Å². The van der Waals surface area contributed by atoms with Crippen molar-refractivity contribution in [3.05, 3.63) is 48.6 Å². The summed E-state index contributed by atoms with van der Waals surface area (Å²) in [6.07, 6.45) is 7.75. The number of amides is 2. The molecule has 0 saturated carbocycles. The molecule has 0 bridgehead atoms. The second kappa shape index (κ2) is 8.43. The number of pyridine rings is 1. The van der Waals surface area contributed by atoms with Crippen LogP contribution in [0.1, 0.15) is 38.0 Å². The lowest BCUT2D eigenvalue weighted by atomic mass is 10.2.